The molecule has 1 N–H and O–H groups in total. The van der Waals surface area contributed by atoms with Gasteiger partial charge in [-0.15, -0.1) is 11.8 Å². The van der Waals surface area contributed by atoms with E-state index in [9.17, 15) is 4.79 Å². The first-order valence-electron chi connectivity index (χ1n) is 8.98. The number of thioether (sulfide) groups is 1. The fourth-order valence-electron chi connectivity index (χ4n) is 2.76. The zero-order valence-corrected chi connectivity index (χ0v) is 16.7. The van der Waals surface area contributed by atoms with Crippen molar-refractivity contribution in [3.63, 3.8) is 0 Å². The van der Waals surface area contributed by atoms with Gasteiger partial charge in [-0.25, -0.2) is 0 Å². The van der Waals surface area contributed by atoms with Gasteiger partial charge in [-0.3, -0.25) is 4.79 Å². The number of nitrogens with one attached hydrogen (secondary N) is 1. The summed E-state index contributed by atoms with van der Waals surface area (Å²) in [6, 6.07) is 21.6. The average molecular weight is 400 g/mol. The van der Waals surface area contributed by atoms with Gasteiger partial charge in [0.25, 0.3) is 5.91 Å². The van der Waals surface area contributed by atoms with Crippen LogP contribution in [0.4, 0.5) is 0 Å². The van der Waals surface area contributed by atoms with Crippen molar-refractivity contribution in [1.29, 1.82) is 0 Å². The Bertz CT molecular complexity index is 893. The third-order valence-electron chi connectivity index (χ3n) is 4.17. The Morgan fingerprint density at radius 2 is 1.81 bits per heavy atom. The van der Waals surface area contributed by atoms with Crippen molar-refractivity contribution in [2.24, 2.45) is 0 Å². The fourth-order valence-corrected chi connectivity index (χ4v) is 3.66. The smallest absolute Gasteiger partial charge is 0.261 e. The molecule has 3 nitrogen and oxygen atoms in total. The summed E-state index contributed by atoms with van der Waals surface area (Å²) in [7, 11) is 0. The molecule has 1 unspecified atom stereocenters. The third-order valence-corrected chi connectivity index (χ3v) is 5.43. The summed E-state index contributed by atoms with van der Waals surface area (Å²) in [5.74, 6) is 1.45. The lowest BCUT2D eigenvalue weighted by Gasteiger charge is -2.18. The van der Waals surface area contributed by atoms with E-state index in [0.717, 1.165) is 32.2 Å². The molecule has 0 radical (unpaired) electrons. The molecule has 0 bridgehead atoms. The van der Waals surface area contributed by atoms with Crippen LogP contribution in [-0.4, -0.2) is 24.3 Å². The molecule has 1 amide bonds. The molecule has 0 heterocycles. The summed E-state index contributed by atoms with van der Waals surface area (Å²) in [6.07, 6.45) is 0.107. The molecule has 0 aliphatic heterocycles. The maximum atomic E-state index is 12.5. The number of carbonyl (C=O) groups excluding carboxylic acids is 1. The summed E-state index contributed by atoms with van der Waals surface area (Å²) < 4.78 is 6.03. The molecule has 0 aromatic heterocycles. The highest BCUT2D eigenvalue weighted by Crippen LogP contribution is 2.26. The van der Waals surface area contributed by atoms with Crippen LogP contribution in [-0.2, 0) is 4.79 Å². The molecule has 140 valence electrons. The summed E-state index contributed by atoms with van der Waals surface area (Å²) in [6.45, 7) is 2.54. The molecular formula is C22H22ClNO2S. The van der Waals surface area contributed by atoms with Gasteiger partial charge in [0.15, 0.2) is 6.10 Å². The monoisotopic (exact) mass is 399 g/mol. The zero-order chi connectivity index (χ0) is 19.1. The number of fused-ring (bicyclic) bond motifs is 1. The molecule has 0 aliphatic rings. The van der Waals surface area contributed by atoms with Crippen LogP contribution in [0, 0.1) is 0 Å². The molecule has 3 aromatic carbocycles. The van der Waals surface area contributed by atoms with Gasteiger partial charge in [-0.05, 0) is 42.1 Å². The van der Waals surface area contributed by atoms with E-state index in [1.165, 1.54) is 0 Å². The van der Waals surface area contributed by atoms with Gasteiger partial charge in [-0.1, -0.05) is 54.9 Å². The third kappa shape index (κ3) is 5.41. The van der Waals surface area contributed by atoms with Gasteiger partial charge in [0, 0.05) is 27.6 Å². The first-order valence-corrected chi connectivity index (χ1v) is 10.3. The van der Waals surface area contributed by atoms with Gasteiger partial charge < -0.3 is 10.1 Å². The summed E-state index contributed by atoms with van der Waals surface area (Å²) >= 11 is 7.57. The number of hydrogen-bond acceptors (Lipinski definition) is 3. The van der Waals surface area contributed by atoms with E-state index in [-0.39, 0.29) is 5.91 Å². The molecule has 3 aromatic rings. The number of hydrogen-bond donors (Lipinski definition) is 1. The SMILES string of the molecule is CCC(Oc1cccc2ccccc12)C(=O)NCCSc1ccc(Cl)cc1. The lowest BCUT2D eigenvalue weighted by molar-refractivity contribution is -0.127. The van der Waals surface area contributed by atoms with E-state index in [4.69, 9.17) is 16.3 Å². The van der Waals surface area contributed by atoms with E-state index in [0.29, 0.717) is 13.0 Å². The Balaban J connectivity index is 1.53. The average Bonchev–Trinajstić information content (AvgIpc) is 2.70. The van der Waals surface area contributed by atoms with Crippen molar-refractivity contribution >= 4 is 40.0 Å². The van der Waals surface area contributed by atoms with Gasteiger partial charge in [0.05, 0.1) is 0 Å². The molecular weight excluding hydrogens is 378 g/mol. The molecule has 0 saturated heterocycles. The second-order valence-corrected chi connectivity index (χ2v) is 7.69. The minimum Gasteiger partial charge on any atom is -0.480 e. The predicted molar refractivity (Wildman–Crippen MR) is 114 cm³/mol. The molecule has 0 saturated carbocycles. The molecule has 1 atom stereocenters. The maximum absolute atomic E-state index is 12.5. The minimum atomic E-state index is -0.503. The first kappa shape index (κ1) is 19.6. The summed E-state index contributed by atoms with van der Waals surface area (Å²) in [5.41, 5.74) is 0. The maximum Gasteiger partial charge on any atom is 0.261 e. The number of halogens is 1. The number of amides is 1. The number of carbonyl (C=O) groups is 1. The van der Waals surface area contributed by atoms with Crippen LogP contribution in [0.5, 0.6) is 5.75 Å². The van der Waals surface area contributed by atoms with Crippen LogP contribution in [0.2, 0.25) is 5.02 Å². The topological polar surface area (TPSA) is 38.3 Å². The lowest BCUT2D eigenvalue weighted by Crippen LogP contribution is -2.39. The highest BCUT2D eigenvalue weighted by atomic mass is 35.5. The summed E-state index contributed by atoms with van der Waals surface area (Å²) in [5, 5.41) is 5.82. The molecule has 0 aliphatic carbocycles. The van der Waals surface area contributed by atoms with Crippen LogP contribution in [0.1, 0.15) is 13.3 Å². The van der Waals surface area contributed by atoms with Crippen molar-refractivity contribution in [3.05, 3.63) is 71.8 Å². The number of ether oxygens (including phenoxy) is 1. The van der Waals surface area contributed by atoms with Crippen molar-refractivity contribution in [3.8, 4) is 5.75 Å². The molecule has 5 heteroatoms. The van der Waals surface area contributed by atoms with Crippen molar-refractivity contribution in [2.75, 3.05) is 12.3 Å². The number of rotatable bonds is 8. The fraction of sp³-hybridized carbons (Fsp3) is 0.227. The van der Waals surface area contributed by atoms with Gasteiger partial charge in [0.2, 0.25) is 0 Å². The summed E-state index contributed by atoms with van der Waals surface area (Å²) in [4.78, 5) is 13.6. The van der Waals surface area contributed by atoms with Crippen molar-refractivity contribution in [2.45, 2.75) is 24.3 Å². The van der Waals surface area contributed by atoms with Crippen LogP contribution in [0.3, 0.4) is 0 Å². The number of benzene rings is 3. The normalized spacial score (nSPS) is 11.9. The predicted octanol–water partition coefficient (Wildman–Crippen LogP) is 5.56. The minimum absolute atomic E-state index is 0.0814. The van der Waals surface area contributed by atoms with Gasteiger partial charge in [-0.2, -0.15) is 0 Å². The Morgan fingerprint density at radius 3 is 2.59 bits per heavy atom. The Kier molecular flexibility index (Phi) is 7.02. The zero-order valence-electron chi connectivity index (χ0n) is 15.2. The van der Waals surface area contributed by atoms with E-state index in [2.05, 4.69) is 5.32 Å². The highest BCUT2D eigenvalue weighted by Gasteiger charge is 2.18. The molecule has 0 spiro atoms. The van der Waals surface area contributed by atoms with Crippen molar-refractivity contribution in [1.82, 2.24) is 5.32 Å². The van der Waals surface area contributed by atoms with Crippen molar-refractivity contribution < 1.29 is 9.53 Å². The molecule has 3 rings (SSSR count). The second-order valence-electron chi connectivity index (χ2n) is 6.09. The highest BCUT2D eigenvalue weighted by molar-refractivity contribution is 7.99. The largest absolute Gasteiger partial charge is 0.480 e. The Hall–Kier alpha value is -2.17. The van der Waals surface area contributed by atoms with Gasteiger partial charge >= 0.3 is 0 Å². The van der Waals surface area contributed by atoms with Crippen LogP contribution >= 0.6 is 23.4 Å². The van der Waals surface area contributed by atoms with Crippen LogP contribution in [0.15, 0.2) is 71.6 Å². The standard InChI is InChI=1S/C22H22ClNO2S/c1-2-20(26-21-9-5-7-16-6-3-4-8-19(16)21)22(25)24-14-15-27-18-12-10-17(23)11-13-18/h3-13,20H,2,14-15H2,1H3,(H,24,25). The Labute approximate surface area is 169 Å². The van der Waals surface area contributed by atoms with Gasteiger partial charge in [0.1, 0.15) is 5.75 Å². The van der Waals surface area contributed by atoms with Crippen LogP contribution in [0.25, 0.3) is 10.8 Å². The van der Waals surface area contributed by atoms with Crippen LogP contribution < -0.4 is 10.1 Å². The first-order chi connectivity index (χ1) is 13.2. The van der Waals surface area contributed by atoms with E-state index >= 15 is 0 Å². The van der Waals surface area contributed by atoms with E-state index < -0.39 is 6.10 Å². The second kappa shape index (κ2) is 9.67. The lowest BCUT2D eigenvalue weighted by atomic mass is 10.1. The molecule has 0 fully saturated rings. The molecule has 27 heavy (non-hydrogen) atoms. The van der Waals surface area contributed by atoms with E-state index in [1.54, 1.807) is 11.8 Å². The quantitative estimate of drug-likeness (QED) is 0.398. The Morgan fingerprint density at radius 1 is 1.07 bits per heavy atom. The van der Waals surface area contributed by atoms with E-state index in [1.807, 2.05) is 73.7 Å².